The van der Waals surface area contributed by atoms with Crippen molar-refractivity contribution in [3.63, 3.8) is 0 Å². The fourth-order valence-electron chi connectivity index (χ4n) is 8.63. The van der Waals surface area contributed by atoms with Crippen molar-refractivity contribution in [2.24, 2.45) is 11.7 Å². The Labute approximate surface area is 312 Å². The van der Waals surface area contributed by atoms with Gasteiger partial charge in [0.15, 0.2) is 0 Å². The number of fused-ring (bicyclic) bond motifs is 1. The van der Waals surface area contributed by atoms with Gasteiger partial charge in [0, 0.05) is 56.7 Å². The summed E-state index contributed by atoms with van der Waals surface area (Å²) in [6.07, 6.45) is 7.56. The molecule has 4 N–H and O–H groups in total. The first-order chi connectivity index (χ1) is 26.1. The molecule has 1 aromatic heterocycles. The maximum Gasteiger partial charge on any atom is 0.262 e. The monoisotopic (exact) mass is 737 g/mol. The van der Waals surface area contributed by atoms with Gasteiger partial charge in [-0.2, -0.15) is 4.98 Å². The maximum atomic E-state index is 15.6. The van der Waals surface area contributed by atoms with Crippen LogP contribution in [0.1, 0.15) is 93.9 Å². The highest BCUT2D eigenvalue weighted by atomic mass is 19.1. The van der Waals surface area contributed by atoms with E-state index < -0.39 is 35.6 Å². The summed E-state index contributed by atoms with van der Waals surface area (Å²) in [7, 11) is 0. The van der Waals surface area contributed by atoms with Gasteiger partial charge in [-0.05, 0) is 106 Å². The molecule has 8 rings (SSSR count). The van der Waals surface area contributed by atoms with Crippen LogP contribution in [0, 0.1) is 11.7 Å². The smallest absolute Gasteiger partial charge is 0.262 e. The fraction of sp³-hybridized carbons (Fsp3) is 0.462. The van der Waals surface area contributed by atoms with Crippen LogP contribution in [0.2, 0.25) is 0 Å². The Kier molecular flexibility index (Phi) is 9.73. The molecule has 6 heterocycles. The predicted octanol–water partition coefficient (Wildman–Crippen LogP) is 3.56. The quantitative estimate of drug-likeness (QED) is 0.274. The lowest BCUT2D eigenvalue weighted by molar-refractivity contribution is -0.136. The molecule has 0 saturated carbocycles. The second-order valence-corrected chi connectivity index (χ2v) is 15.1. The number of halogens is 1. The number of hydrogen-bond donors (Lipinski definition) is 3. The van der Waals surface area contributed by atoms with Gasteiger partial charge in [0.05, 0.1) is 11.1 Å². The molecule has 5 aliphatic heterocycles. The number of piperidine rings is 3. The molecule has 15 heteroatoms. The minimum Gasteiger partial charge on any atom is -0.371 e. The van der Waals surface area contributed by atoms with Crippen LogP contribution < -0.4 is 26.2 Å². The van der Waals surface area contributed by atoms with Gasteiger partial charge >= 0.3 is 0 Å². The van der Waals surface area contributed by atoms with Gasteiger partial charge in [-0.25, -0.2) is 9.37 Å². The summed E-state index contributed by atoms with van der Waals surface area (Å²) in [6.45, 7) is 5.94. The predicted molar refractivity (Wildman–Crippen MR) is 198 cm³/mol. The first-order valence-corrected chi connectivity index (χ1v) is 18.9. The first-order valence-electron chi connectivity index (χ1n) is 18.9. The van der Waals surface area contributed by atoms with Gasteiger partial charge in [-0.3, -0.25) is 34.2 Å². The highest BCUT2D eigenvalue weighted by molar-refractivity contribution is 6.23. The van der Waals surface area contributed by atoms with Crippen molar-refractivity contribution < 1.29 is 28.4 Å². The number of hydrogen-bond acceptors (Lipinski definition) is 11. The molecule has 3 aromatic rings. The number of primary amides is 1. The van der Waals surface area contributed by atoms with Crippen molar-refractivity contribution in [3.8, 4) is 0 Å². The zero-order valence-corrected chi connectivity index (χ0v) is 30.1. The SMILES string of the molecule is NC(=O)c1cnc(N2CCCCC2)nc1Nc1ccc(C2CCN(CC3CCN(c4ccc5c(c4)C(=O)N(C4CCC(=O)NC4=O)C5=O)C3)CC2)c(F)c1. The first kappa shape index (κ1) is 35.6. The molecular formula is C39H44FN9O5. The molecule has 282 valence electrons. The minimum atomic E-state index is -0.988. The Balaban J connectivity index is 0.851. The van der Waals surface area contributed by atoms with Crippen LogP contribution >= 0.6 is 0 Å². The third-order valence-corrected chi connectivity index (χ3v) is 11.6. The van der Waals surface area contributed by atoms with Gasteiger partial charge in [-0.1, -0.05) is 6.07 Å². The third kappa shape index (κ3) is 6.99. The summed E-state index contributed by atoms with van der Waals surface area (Å²) in [5.41, 5.74) is 8.35. The fourth-order valence-corrected chi connectivity index (χ4v) is 8.63. The van der Waals surface area contributed by atoms with Crippen molar-refractivity contribution in [3.05, 3.63) is 70.7 Å². The van der Waals surface area contributed by atoms with Crippen LogP contribution in [-0.2, 0) is 9.59 Å². The number of imide groups is 2. The summed E-state index contributed by atoms with van der Waals surface area (Å²) in [5, 5.41) is 5.35. The average Bonchev–Trinajstić information content (AvgIpc) is 3.73. The molecule has 0 bridgehead atoms. The number of anilines is 4. The molecule has 14 nitrogen and oxygen atoms in total. The molecule has 2 unspecified atom stereocenters. The zero-order chi connectivity index (χ0) is 37.5. The lowest BCUT2D eigenvalue weighted by Crippen LogP contribution is -2.54. The largest absolute Gasteiger partial charge is 0.371 e. The zero-order valence-electron chi connectivity index (χ0n) is 30.1. The Hall–Kier alpha value is -5.44. The number of aromatic nitrogens is 2. The number of nitrogens with two attached hydrogens (primary N) is 1. The summed E-state index contributed by atoms with van der Waals surface area (Å²) in [5.74, 6) is -1.70. The lowest BCUT2D eigenvalue weighted by Gasteiger charge is -2.34. The van der Waals surface area contributed by atoms with Crippen LogP contribution in [0.15, 0.2) is 42.6 Å². The van der Waals surface area contributed by atoms with Crippen molar-refractivity contribution >= 4 is 52.7 Å². The number of rotatable bonds is 9. The molecule has 5 amide bonds. The number of amides is 5. The van der Waals surface area contributed by atoms with E-state index in [2.05, 4.69) is 35.3 Å². The molecule has 2 aromatic carbocycles. The van der Waals surface area contributed by atoms with Crippen LogP contribution in [0.4, 0.5) is 27.5 Å². The Morgan fingerprint density at radius 2 is 1.67 bits per heavy atom. The second kappa shape index (κ2) is 14.8. The van der Waals surface area contributed by atoms with Gasteiger partial charge in [0.1, 0.15) is 23.2 Å². The molecule has 2 atom stereocenters. The average molecular weight is 738 g/mol. The van der Waals surface area contributed by atoms with E-state index >= 15 is 4.39 Å². The van der Waals surface area contributed by atoms with Crippen molar-refractivity contribution in [1.82, 2.24) is 25.1 Å². The Morgan fingerprint density at radius 3 is 2.41 bits per heavy atom. The van der Waals surface area contributed by atoms with E-state index in [9.17, 15) is 24.0 Å². The third-order valence-electron chi connectivity index (χ3n) is 11.6. The maximum absolute atomic E-state index is 15.6. The number of nitrogens with one attached hydrogen (secondary N) is 2. The molecule has 5 aliphatic rings. The van der Waals surface area contributed by atoms with Crippen molar-refractivity contribution in [1.29, 1.82) is 0 Å². The molecular weight excluding hydrogens is 693 g/mol. The Morgan fingerprint density at radius 1 is 0.889 bits per heavy atom. The summed E-state index contributed by atoms with van der Waals surface area (Å²) in [4.78, 5) is 79.3. The molecule has 54 heavy (non-hydrogen) atoms. The molecule has 0 spiro atoms. The van der Waals surface area contributed by atoms with E-state index in [1.165, 1.54) is 12.3 Å². The lowest BCUT2D eigenvalue weighted by atomic mass is 9.88. The van der Waals surface area contributed by atoms with E-state index in [0.29, 0.717) is 23.1 Å². The van der Waals surface area contributed by atoms with Gasteiger partial charge in [0.2, 0.25) is 17.8 Å². The highest BCUT2D eigenvalue weighted by Crippen LogP contribution is 2.35. The van der Waals surface area contributed by atoms with Crippen LogP contribution in [0.25, 0.3) is 0 Å². The van der Waals surface area contributed by atoms with E-state index in [-0.39, 0.29) is 47.1 Å². The highest BCUT2D eigenvalue weighted by Gasteiger charge is 2.45. The topological polar surface area (TPSA) is 174 Å². The van der Waals surface area contributed by atoms with E-state index in [0.717, 1.165) is 94.9 Å². The number of benzene rings is 2. The summed E-state index contributed by atoms with van der Waals surface area (Å²) in [6, 6.07) is 9.38. The molecule has 4 saturated heterocycles. The van der Waals surface area contributed by atoms with Crippen LogP contribution in [0.5, 0.6) is 0 Å². The van der Waals surface area contributed by atoms with Crippen molar-refractivity contribution in [2.75, 3.05) is 60.9 Å². The van der Waals surface area contributed by atoms with E-state index in [1.54, 1.807) is 12.1 Å². The Bertz CT molecular complexity index is 2010. The molecule has 0 radical (unpaired) electrons. The number of likely N-dealkylation sites (tertiary alicyclic amines) is 1. The normalized spacial score (nSPS) is 22.5. The molecule has 0 aliphatic carbocycles. The van der Waals surface area contributed by atoms with Gasteiger partial charge in [0.25, 0.3) is 17.7 Å². The second-order valence-electron chi connectivity index (χ2n) is 15.1. The van der Waals surface area contributed by atoms with Crippen LogP contribution in [0.3, 0.4) is 0 Å². The van der Waals surface area contributed by atoms with Crippen molar-refractivity contribution in [2.45, 2.75) is 63.3 Å². The van der Waals surface area contributed by atoms with Crippen LogP contribution in [-0.4, -0.2) is 101 Å². The summed E-state index contributed by atoms with van der Waals surface area (Å²) >= 11 is 0. The number of carbonyl (C=O) groups excluding carboxylic acids is 5. The van der Waals surface area contributed by atoms with E-state index in [1.807, 2.05) is 18.2 Å². The standard InChI is InChI=1S/C39H44FN9O5/c40-31-18-25(43-35-30(34(41)51)20-42-39(45-35)47-13-2-1-3-14-47)4-6-27(31)24-11-15-46(16-12-24)21-23-10-17-48(22-23)26-5-7-28-29(19-26)38(54)49(37(28)53)32-8-9-33(50)44-36(32)52/h4-7,18-20,23-24,32H,1-3,8-17,21-22H2,(H2,41,51)(H,42,43,45)(H,44,50,52). The van der Waals surface area contributed by atoms with Gasteiger partial charge < -0.3 is 25.8 Å². The van der Waals surface area contributed by atoms with E-state index in [4.69, 9.17) is 5.73 Å². The van der Waals surface area contributed by atoms with Gasteiger partial charge in [-0.15, -0.1) is 0 Å². The number of carbonyl (C=O) groups is 5. The minimum absolute atomic E-state index is 0.0799. The number of nitrogens with zero attached hydrogens (tertiary/aromatic N) is 6. The molecule has 4 fully saturated rings. The summed E-state index contributed by atoms with van der Waals surface area (Å²) < 4.78 is 15.6.